The summed E-state index contributed by atoms with van der Waals surface area (Å²) in [6.07, 6.45) is 6.84. The van der Waals surface area contributed by atoms with E-state index in [2.05, 4.69) is 16.4 Å². The molecule has 27 heavy (non-hydrogen) atoms. The molecule has 1 aliphatic rings. The van der Waals surface area contributed by atoms with Gasteiger partial charge in [0, 0.05) is 23.1 Å². The highest BCUT2D eigenvalue weighted by atomic mass is 32.2. The highest BCUT2D eigenvalue weighted by molar-refractivity contribution is 8.00. The van der Waals surface area contributed by atoms with Crippen LogP contribution >= 0.6 is 23.1 Å². The van der Waals surface area contributed by atoms with Crippen LogP contribution < -0.4 is 10.9 Å². The minimum absolute atomic E-state index is 0.0909. The molecule has 0 unspecified atom stereocenters. The normalized spacial score (nSPS) is 14.7. The van der Waals surface area contributed by atoms with E-state index in [9.17, 15) is 9.59 Å². The Kier molecular flexibility index (Phi) is 5.59. The van der Waals surface area contributed by atoms with Gasteiger partial charge in [0.2, 0.25) is 5.91 Å². The van der Waals surface area contributed by atoms with Crippen molar-refractivity contribution in [3.8, 4) is 0 Å². The number of para-hydroxylation sites is 1. The van der Waals surface area contributed by atoms with E-state index in [4.69, 9.17) is 0 Å². The number of rotatable bonds is 6. The van der Waals surface area contributed by atoms with Crippen LogP contribution in [0.3, 0.4) is 0 Å². The van der Waals surface area contributed by atoms with E-state index in [0.29, 0.717) is 17.2 Å². The zero-order valence-corrected chi connectivity index (χ0v) is 16.5. The molecule has 1 aliphatic carbocycles. The fraction of sp³-hybridized carbons (Fsp3) is 0.350. The Balaban J connectivity index is 1.40. The zero-order valence-electron chi connectivity index (χ0n) is 14.9. The average Bonchev–Trinajstić information content (AvgIpc) is 3.35. The lowest BCUT2D eigenvalue weighted by Crippen LogP contribution is -2.23. The van der Waals surface area contributed by atoms with Gasteiger partial charge in [0.15, 0.2) is 0 Å². The summed E-state index contributed by atoms with van der Waals surface area (Å²) in [5.74, 6) is -0.0909. The zero-order chi connectivity index (χ0) is 18.6. The number of carbonyl (C=O) groups is 1. The second-order valence-corrected chi connectivity index (χ2v) is 8.94. The first-order valence-electron chi connectivity index (χ1n) is 9.19. The Bertz CT molecular complexity index is 1010. The fourth-order valence-corrected chi connectivity index (χ4v) is 5.40. The summed E-state index contributed by atoms with van der Waals surface area (Å²) in [4.78, 5) is 31.0. The van der Waals surface area contributed by atoms with Crippen molar-refractivity contribution in [1.82, 2.24) is 9.55 Å². The standard InChI is InChI=1S/C20H21N3O2S2/c24-18(9-11-23-13-21-19-15(20(23)25)10-12-26-19)22-16-7-3-4-8-17(16)27-14-5-1-2-6-14/h3-4,7-8,10,12-14H,1-2,5-6,9,11H2,(H,22,24). The first kappa shape index (κ1) is 18.3. The minimum Gasteiger partial charge on any atom is -0.325 e. The smallest absolute Gasteiger partial charge is 0.262 e. The Morgan fingerprint density at radius 2 is 2.07 bits per heavy atom. The first-order valence-corrected chi connectivity index (χ1v) is 10.9. The van der Waals surface area contributed by atoms with Crippen LogP contribution in [0, 0.1) is 0 Å². The molecule has 1 amide bonds. The molecule has 5 nitrogen and oxygen atoms in total. The number of thiophene rings is 1. The molecule has 4 rings (SSSR count). The Morgan fingerprint density at radius 3 is 2.93 bits per heavy atom. The number of aromatic nitrogens is 2. The van der Waals surface area contributed by atoms with E-state index < -0.39 is 0 Å². The Morgan fingerprint density at radius 1 is 1.26 bits per heavy atom. The van der Waals surface area contributed by atoms with Gasteiger partial charge in [0.25, 0.3) is 5.56 Å². The fourth-order valence-electron chi connectivity index (χ4n) is 3.35. The van der Waals surface area contributed by atoms with E-state index in [1.165, 1.54) is 47.9 Å². The molecule has 0 saturated heterocycles. The molecular formula is C20H21N3O2S2. The van der Waals surface area contributed by atoms with Crippen molar-refractivity contribution >= 4 is 44.9 Å². The lowest BCUT2D eigenvalue weighted by molar-refractivity contribution is -0.116. The molecule has 2 heterocycles. The van der Waals surface area contributed by atoms with Gasteiger partial charge < -0.3 is 5.32 Å². The summed E-state index contributed by atoms with van der Waals surface area (Å²) in [6.45, 7) is 0.321. The Hall–Kier alpha value is -2.12. The largest absolute Gasteiger partial charge is 0.325 e. The number of carbonyl (C=O) groups excluding carboxylic acids is 1. The summed E-state index contributed by atoms with van der Waals surface area (Å²) in [5.41, 5.74) is 0.768. The number of fused-ring (bicyclic) bond motifs is 1. The van der Waals surface area contributed by atoms with Gasteiger partial charge in [-0.1, -0.05) is 25.0 Å². The number of thioether (sulfide) groups is 1. The summed E-state index contributed by atoms with van der Waals surface area (Å²) in [7, 11) is 0. The van der Waals surface area contributed by atoms with Crippen molar-refractivity contribution < 1.29 is 4.79 Å². The van der Waals surface area contributed by atoms with Crippen LogP contribution in [0.15, 0.2) is 51.7 Å². The van der Waals surface area contributed by atoms with Gasteiger partial charge in [-0.15, -0.1) is 23.1 Å². The summed E-state index contributed by atoms with van der Waals surface area (Å²) < 4.78 is 1.51. The maximum atomic E-state index is 12.4. The number of benzene rings is 1. The van der Waals surface area contributed by atoms with Crippen molar-refractivity contribution in [2.45, 2.75) is 48.8 Å². The predicted octanol–water partition coefficient (Wildman–Crippen LogP) is 4.52. The van der Waals surface area contributed by atoms with Crippen molar-refractivity contribution in [2.24, 2.45) is 0 Å². The van der Waals surface area contributed by atoms with E-state index in [-0.39, 0.29) is 17.9 Å². The number of nitrogens with zero attached hydrogens (tertiary/aromatic N) is 2. The third-order valence-electron chi connectivity index (χ3n) is 4.79. The highest BCUT2D eigenvalue weighted by Gasteiger charge is 2.18. The quantitative estimate of drug-likeness (QED) is 0.662. The number of amides is 1. The number of nitrogens with one attached hydrogen (secondary N) is 1. The van der Waals surface area contributed by atoms with E-state index >= 15 is 0 Å². The number of aryl methyl sites for hydroxylation is 1. The molecule has 1 saturated carbocycles. The van der Waals surface area contributed by atoms with E-state index in [1.54, 1.807) is 6.07 Å². The maximum Gasteiger partial charge on any atom is 0.262 e. The van der Waals surface area contributed by atoms with Gasteiger partial charge in [0.05, 0.1) is 17.4 Å². The average molecular weight is 400 g/mol. The van der Waals surface area contributed by atoms with Crippen LogP contribution in [0.4, 0.5) is 5.69 Å². The second-order valence-electron chi connectivity index (χ2n) is 6.70. The van der Waals surface area contributed by atoms with Crippen LogP contribution in [0.2, 0.25) is 0 Å². The van der Waals surface area contributed by atoms with E-state index in [0.717, 1.165) is 15.4 Å². The monoisotopic (exact) mass is 399 g/mol. The summed E-state index contributed by atoms with van der Waals surface area (Å²) in [6, 6.07) is 9.74. The molecule has 0 aliphatic heterocycles. The van der Waals surface area contributed by atoms with Gasteiger partial charge >= 0.3 is 0 Å². The number of anilines is 1. The van der Waals surface area contributed by atoms with Gasteiger partial charge in [-0.05, 0) is 36.4 Å². The van der Waals surface area contributed by atoms with Crippen molar-refractivity contribution in [3.63, 3.8) is 0 Å². The lowest BCUT2D eigenvalue weighted by atomic mass is 10.3. The van der Waals surface area contributed by atoms with Gasteiger partial charge in [-0.3, -0.25) is 14.2 Å². The second kappa shape index (κ2) is 8.27. The van der Waals surface area contributed by atoms with Crippen LogP contribution in [0.25, 0.3) is 10.2 Å². The van der Waals surface area contributed by atoms with Crippen molar-refractivity contribution in [3.05, 3.63) is 52.4 Å². The molecule has 0 bridgehead atoms. The summed E-state index contributed by atoms with van der Waals surface area (Å²) >= 11 is 3.31. The molecule has 1 N–H and O–H groups in total. The lowest BCUT2D eigenvalue weighted by Gasteiger charge is -2.14. The van der Waals surface area contributed by atoms with Gasteiger partial charge in [-0.25, -0.2) is 4.98 Å². The van der Waals surface area contributed by atoms with E-state index in [1.807, 2.05) is 35.3 Å². The Labute approximate surface area is 165 Å². The highest BCUT2D eigenvalue weighted by Crippen LogP contribution is 2.38. The molecular weight excluding hydrogens is 378 g/mol. The van der Waals surface area contributed by atoms with Gasteiger partial charge in [0.1, 0.15) is 4.83 Å². The minimum atomic E-state index is -0.0914. The molecule has 7 heteroatoms. The molecule has 1 aromatic carbocycles. The SMILES string of the molecule is O=C(CCn1cnc2sccc2c1=O)Nc1ccccc1SC1CCCC1. The number of hydrogen-bond acceptors (Lipinski definition) is 5. The third kappa shape index (κ3) is 4.25. The number of hydrogen-bond donors (Lipinski definition) is 1. The molecule has 0 radical (unpaired) electrons. The topological polar surface area (TPSA) is 64.0 Å². The predicted molar refractivity (Wildman–Crippen MR) is 112 cm³/mol. The first-order chi connectivity index (χ1) is 13.2. The van der Waals surface area contributed by atoms with Crippen LogP contribution in [0.1, 0.15) is 32.1 Å². The molecule has 0 spiro atoms. The van der Waals surface area contributed by atoms with Crippen LogP contribution in [-0.2, 0) is 11.3 Å². The van der Waals surface area contributed by atoms with Gasteiger partial charge in [-0.2, -0.15) is 0 Å². The van der Waals surface area contributed by atoms with Crippen LogP contribution in [-0.4, -0.2) is 20.7 Å². The van der Waals surface area contributed by atoms with Crippen molar-refractivity contribution in [2.75, 3.05) is 5.32 Å². The maximum absolute atomic E-state index is 12.4. The molecule has 3 aromatic rings. The molecule has 1 fully saturated rings. The van der Waals surface area contributed by atoms with Crippen LogP contribution in [0.5, 0.6) is 0 Å². The molecule has 2 aromatic heterocycles. The van der Waals surface area contributed by atoms with Crippen molar-refractivity contribution in [1.29, 1.82) is 0 Å². The molecule has 0 atom stereocenters. The summed E-state index contributed by atoms with van der Waals surface area (Å²) in [5, 5.41) is 6.12. The molecule has 140 valence electrons. The third-order valence-corrected chi connectivity index (χ3v) is 7.02.